The van der Waals surface area contributed by atoms with E-state index in [9.17, 15) is 39.3 Å². The molecule has 284 valence electrons. The third kappa shape index (κ3) is 13.9. The summed E-state index contributed by atoms with van der Waals surface area (Å²) in [5.74, 6) is -0.949. The number of benzene rings is 2. The maximum atomic E-state index is 13.5. The number of ketones is 3. The highest BCUT2D eigenvalue weighted by Gasteiger charge is 2.25. The van der Waals surface area contributed by atoms with E-state index in [-0.39, 0.29) is 82.7 Å². The normalized spacial score (nSPS) is 11.0. The third-order valence-electron chi connectivity index (χ3n) is 8.83. The first-order chi connectivity index (χ1) is 24.9. The van der Waals surface area contributed by atoms with Gasteiger partial charge in [-0.3, -0.25) is 19.2 Å². The molecule has 1 amide bonds. The molecule has 2 aromatic carbocycles. The fourth-order valence-electron chi connectivity index (χ4n) is 5.92. The van der Waals surface area contributed by atoms with Crippen molar-refractivity contribution in [2.24, 2.45) is 0 Å². The summed E-state index contributed by atoms with van der Waals surface area (Å²) in [6.45, 7) is 5.91. The molecule has 0 bridgehead atoms. The number of carbonyl (C=O) groups excluding carboxylic acids is 4. The molecule has 0 radical (unpaired) electrons. The monoisotopic (exact) mass is 863 g/mol. The summed E-state index contributed by atoms with van der Waals surface area (Å²) >= 11 is 0. The highest BCUT2D eigenvalue weighted by molar-refractivity contribution is 6.59. The number of halogens is 2. The van der Waals surface area contributed by atoms with Crippen molar-refractivity contribution in [3.63, 3.8) is 0 Å². The van der Waals surface area contributed by atoms with Crippen LogP contribution in [0.3, 0.4) is 0 Å². The van der Waals surface area contributed by atoms with Crippen LogP contribution in [-0.4, -0.2) is 63.6 Å². The zero-order valence-corrected chi connectivity index (χ0v) is 33.3. The predicted molar refractivity (Wildman–Crippen MR) is 197 cm³/mol. The molecule has 0 saturated carbocycles. The van der Waals surface area contributed by atoms with Gasteiger partial charge in [0.25, 0.3) is 5.91 Å². The Labute approximate surface area is 337 Å². The fourth-order valence-corrected chi connectivity index (χ4v) is 5.92. The van der Waals surface area contributed by atoms with Crippen LogP contribution in [0.4, 0.5) is 0 Å². The van der Waals surface area contributed by atoms with E-state index in [0.717, 1.165) is 0 Å². The van der Waals surface area contributed by atoms with Crippen molar-refractivity contribution in [1.82, 2.24) is 5.32 Å². The summed E-state index contributed by atoms with van der Waals surface area (Å²) < 4.78 is 3.49. The lowest BCUT2D eigenvalue weighted by Gasteiger charge is -2.17. The van der Waals surface area contributed by atoms with E-state index < -0.39 is 26.2 Å². The average molecular weight is 865 g/mol. The molecular weight excluding hydrogens is 820 g/mol. The second-order valence-corrected chi connectivity index (χ2v) is 12.9. The van der Waals surface area contributed by atoms with Gasteiger partial charge < -0.3 is 59.4 Å². The standard InChI is InChI=1S/C39H44B2N3O8.2BrH/c1-28(2)36(45)18-4-3-5-19-38(47)35(42-39(48)32-15-11-23-44(27-32)25-30-13-7-9-17-34(30)41(51)52)20-21-37(46)31-14-10-22-43(26-31)24-29-12-6-8-16-33(29)40(49)50;;/h6-17,22-23,26-27,35,49-52H,1,3-5,18-21,24-25H2,2H3;2*1H/q+1;;/p-1. The minimum Gasteiger partial charge on any atom is -1.00 e. The van der Waals surface area contributed by atoms with Crippen LogP contribution in [0.25, 0.3) is 0 Å². The van der Waals surface area contributed by atoms with Gasteiger partial charge in [0.05, 0.1) is 11.6 Å². The molecular formula is C39H45B2Br2N3O8. The van der Waals surface area contributed by atoms with Crippen LogP contribution in [0.5, 0.6) is 0 Å². The third-order valence-corrected chi connectivity index (χ3v) is 8.83. The van der Waals surface area contributed by atoms with Crippen molar-refractivity contribution in [3.8, 4) is 0 Å². The van der Waals surface area contributed by atoms with E-state index in [1.807, 2.05) is 0 Å². The van der Waals surface area contributed by atoms with Crippen LogP contribution in [0.1, 0.15) is 83.7 Å². The molecule has 0 spiro atoms. The van der Waals surface area contributed by atoms with E-state index in [1.165, 1.54) is 0 Å². The highest BCUT2D eigenvalue weighted by atomic mass is 79.9. The quantitative estimate of drug-likeness (QED) is 0.0194. The van der Waals surface area contributed by atoms with Gasteiger partial charge in [0.1, 0.15) is 5.56 Å². The fraction of sp³-hybridized carbons (Fsp3) is 0.282. The maximum absolute atomic E-state index is 13.5. The average Bonchev–Trinajstić information content (AvgIpc) is 3.13. The van der Waals surface area contributed by atoms with Gasteiger partial charge in [-0.15, -0.1) is 0 Å². The van der Waals surface area contributed by atoms with Gasteiger partial charge in [-0.1, -0.05) is 61.5 Å². The lowest BCUT2D eigenvalue weighted by atomic mass is 9.77. The van der Waals surface area contributed by atoms with Crippen LogP contribution in [0, 0.1) is 0 Å². The van der Waals surface area contributed by atoms with Gasteiger partial charge in [0, 0.05) is 42.5 Å². The Kier molecular flexibility index (Phi) is 19.6. The first-order valence-corrected chi connectivity index (χ1v) is 17.3. The predicted octanol–water partition coefficient (Wildman–Crippen LogP) is -4.85. The first-order valence-electron chi connectivity index (χ1n) is 17.3. The molecule has 1 unspecified atom stereocenters. The number of carbonyl (C=O) groups is 4. The topological polar surface area (TPSA) is 169 Å². The molecule has 5 N–H and O–H groups in total. The second-order valence-electron chi connectivity index (χ2n) is 12.9. The number of rotatable bonds is 20. The van der Waals surface area contributed by atoms with Crippen LogP contribution in [0.15, 0.2) is 110 Å². The van der Waals surface area contributed by atoms with E-state index in [2.05, 4.69) is 11.9 Å². The number of Topliss-reactive ketones (excluding diaryl/α,β-unsaturated/α-hetero) is 3. The maximum Gasteiger partial charge on any atom is 0.488 e. The van der Waals surface area contributed by atoms with Crippen LogP contribution >= 0.6 is 0 Å². The summed E-state index contributed by atoms with van der Waals surface area (Å²) in [5, 5.41) is 41.9. The molecule has 4 aromatic rings. The number of nitrogens with one attached hydrogen (secondary N) is 1. The molecule has 0 saturated heterocycles. The molecule has 0 fully saturated rings. The van der Waals surface area contributed by atoms with Crippen molar-refractivity contribution in [2.45, 2.75) is 71.0 Å². The molecule has 54 heavy (non-hydrogen) atoms. The summed E-state index contributed by atoms with van der Waals surface area (Å²) in [5.41, 5.74) is 3.24. The van der Waals surface area contributed by atoms with Gasteiger partial charge in [-0.2, -0.15) is 4.57 Å². The number of unbranched alkanes of at least 4 members (excludes halogenated alkanes) is 2. The van der Waals surface area contributed by atoms with Gasteiger partial charge in [0.2, 0.25) is 0 Å². The van der Waals surface area contributed by atoms with Crippen LogP contribution in [0.2, 0.25) is 0 Å². The lowest BCUT2D eigenvalue weighted by molar-refractivity contribution is -0.688. The molecule has 0 aliphatic carbocycles. The van der Waals surface area contributed by atoms with Gasteiger partial charge in [-0.05, 0) is 54.8 Å². The van der Waals surface area contributed by atoms with Crippen molar-refractivity contribution >= 4 is 48.4 Å². The van der Waals surface area contributed by atoms with Crippen LogP contribution < -0.4 is 59.3 Å². The van der Waals surface area contributed by atoms with E-state index in [0.29, 0.717) is 65.4 Å². The second kappa shape index (κ2) is 23.0. The molecule has 15 heteroatoms. The Balaban J connectivity index is 0.00000504. The molecule has 4 rings (SSSR count). The summed E-state index contributed by atoms with van der Waals surface area (Å²) in [7, 11) is -3.29. The zero-order chi connectivity index (χ0) is 37.6. The number of pyridine rings is 2. The Morgan fingerprint density at radius 3 is 1.72 bits per heavy atom. The summed E-state index contributed by atoms with van der Waals surface area (Å²) in [6, 6.07) is 19.5. The zero-order valence-electron chi connectivity index (χ0n) is 30.1. The molecule has 2 heterocycles. The molecule has 0 aliphatic rings. The van der Waals surface area contributed by atoms with Crippen LogP contribution in [-0.2, 0) is 22.7 Å². The summed E-state index contributed by atoms with van der Waals surface area (Å²) in [6.07, 6.45) is 9.14. The van der Waals surface area contributed by atoms with Crippen molar-refractivity contribution < 1.29 is 82.4 Å². The largest absolute Gasteiger partial charge is 1.00 e. The highest BCUT2D eigenvalue weighted by Crippen LogP contribution is 2.13. The molecule has 11 nitrogen and oxygen atoms in total. The number of aromatic nitrogens is 2. The van der Waals surface area contributed by atoms with Crippen molar-refractivity contribution in [2.75, 3.05) is 0 Å². The van der Waals surface area contributed by atoms with Gasteiger partial charge in [0.15, 0.2) is 55.2 Å². The molecule has 0 aliphatic heterocycles. The minimum absolute atomic E-state index is 0. The van der Waals surface area contributed by atoms with E-state index in [4.69, 9.17) is 0 Å². The van der Waals surface area contributed by atoms with Gasteiger partial charge in [-0.25, -0.2) is 4.57 Å². The summed E-state index contributed by atoms with van der Waals surface area (Å²) in [4.78, 5) is 52.4. The van der Waals surface area contributed by atoms with E-state index >= 15 is 0 Å². The molecule has 2 aromatic heterocycles. The van der Waals surface area contributed by atoms with E-state index in [1.54, 1.807) is 114 Å². The van der Waals surface area contributed by atoms with Crippen molar-refractivity contribution in [1.29, 1.82) is 0 Å². The smallest absolute Gasteiger partial charge is 0.488 e. The number of allylic oxidation sites excluding steroid dienone is 1. The number of nitrogens with zero attached hydrogens (tertiary/aromatic N) is 2. The Morgan fingerprint density at radius 1 is 0.685 bits per heavy atom. The SMILES string of the molecule is C=C(C)C(=O)CCCCCC(=O)C(CCC(=O)c1ccc[n+](Cc2ccccc2B(O)O)c1)NC(=O)c1ccc[n+](Cc2ccccc2B(O)O)c1.[Br-].[Br-]. The first kappa shape index (κ1) is 46.0. The number of amides is 1. The Morgan fingerprint density at radius 2 is 1.19 bits per heavy atom. The number of hydrogen-bond donors (Lipinski definition) is 5. The van der Waals surface area contributed by atoms with Crippen molar-refractivity contribution in [3.05, 3.63) is 132 Å². The lowest BCUT2D eigenvalue weighted by Crippen LogP contribution is -3.00. The Bertz CT molecular complexity index is 1910. The molecule has 1 atom stereocenters. The van der Waals surface area contributed by atoms with Gasteiger partial charge >= 0.3 is 14.2 Å². The Hall–Kier alpha value is -4.11. The minimum atomic E-state index is -1.65. The number of hydrogen-bond acceptors (Lipinski definition) is 8.